The van der Waals surface area contributed by atoms with Crippen molar-refractivity contribution < 1.29 is 13.2 Å². The summed E-state index contributed by atoms with van der Waals surface area (Å²) in [5, 5.41) is 3.19. The lowest BCUT2D eigenvalue weighted by Crippen LogP contribution is -2.46. The molecule has 1 saturated heterocycles. The molecule has 0 amide bonds. The van der Waals surface area contributed by atoms with Gasteiger partial charge in [-0.25, -0.2) is 0 Å². The Morgan fingerprint density at radius 2 is 1.73 bits per heavy atom. The van der Waals surface area contributed by atoms with E-state index in [-0.39, 0.29) is 24.8 Å². The molecule has 0 aliphatic carbocycles. The van der Waals surface area contributed by atoms with Crippen LogP contribution in [-0.2, 0) is 0 Å². The first kappa shape index (κ1) is 21.5. The highest BCUT2D eigenvalue weighted by atomic mass is 35.5. The highest BCUT2D eigenvalue weighted by Crippen LogP contribution is 2.35. The monoisotopic (exact) mass is 358 g/mol. The van der Waals surface area contributed by atoms with Crippen LogP contribution in [0.3, 0.4) is 0 Å². The second kappa shape index (κ2) is 8.96. The van der Waals surface area contributed by atoms with Crippen LogP contribution in [0.4, 0.5) is 13.2 Å². The topological polar surface area (TPSA) is 15.3 Å². The van der Waals surface area contributed by atoms with Gasteiger partial charge >= 0.3 is 6.18 Å². The molecule has 1 aliphatic heterocycles. The van der Waals surface area contributed by atoms with Crippen molar-refractivity contribution >= 4 is 24.8 Å². The summed E-state index contributed by atoms with van der Waals surface area (Å²) in [6.45, 7) is 6.68. The molecule has 1 atom stereocenters. The molecule has 1 aliphatic rings. The van der Waals surface area contributed by atoms with Crippen molar-refractivity contribution in [3.8, 4) is 0 Å². The maximum absolute atomic E-state index is 12.9. The highest BCUT2D eigenvalue weighted by molar-refractivity contribution is 5.85. The fourth-order valence-electron chi connectivity index (χ4n) is 2.78. The average Bonchev–Trinajstić information content (AvgIpc) is 2.40. The first-order chi connectivity index (χ1) is 9.38. The lowest BCUT2D eigenvalue weighted by atomic mass is 9.94. The van der Waals surface area contributed by atoms with Gasteiger partial charge in [-0.1, -0.05) is 18.2 Å². The Morgan fingerprint density at radius 1 is 1.14 bits per heavy atom. The van der Waals surface area contributed by atoms with Gasteiger partial charge < -0.3 is 5.32 Å². The first-order valence-electron chi connectivity index (χ1n) is 6.96. The molecule has 1 aromatic rings. The number of benzene rings is 1. The van der Waals surface area contributed by atoms with E-state index in [9.17, 15) is 13.2 Å². The summed E-state index contributed by atoms with van der Waals surface area (Å²) < 4.78 is 38.8. The van der Waals surface area contributed by atoms with E-state index in [0.717, 1.165) is 29.8 Å². The van der Waals surface area contributed by atoms with Crippen LogP contribution in [0.2, 0.25) is 0 Å². The van der Waals surface area contributed by atoms with Gasteiger partial charge in [-0.15, -0.1) is 24.8 Å². The lowest BCUT2D eigenvalue weighted by Gasteiger charge is -2.36. The van der Waals surface area contributed by atoms with E-state index in [2.05, 4.69) is 5.32 Å². The molecule has 1 fully saturated rings. The van der Waals surface area contributed by atoms with Crippen molar-refractivity contribution in [2.75, 3.05) is 26.2 Å². The zero-order valence-electron chi connectivity index (χ0n) is 12.7. The van der Waals surface area contributed by atoms with Gasteiger partial charge in [0.1, 0.15) is 0 Å². The molecular formula is C15H23Cl2F3N2. The minimum Gasteiger partial charge on any atom is -0.314 e. The van der Waals surface area contributed by atoms with Gasteiger partial charge in [0.25, 0.3) is 0 Å². The summed E-state index contributed by atoms with van der Waals surface area (Å²) in [4.78, 5) is 1.95. The van der Waals surface area contributed by atoms with E-state index in [0.29, 0.717) is 13.1 Å². The van der Waals surface area contributed by atoms with Gasteiger partial charge in [0, 0.05) is 32.2 Å². The molecule has 0 radical (unpaired) electrons. The normalized spacial score (nSPS) is 17.3. The van der Waals surface area contributed by atoms with Crippen LogP contribution >= 0.6 is 24.8 Å². The zero-order valence-corrected chi connectivity index (χ0v) is 14.4. The quantitative estimate of drug-likeness (QED) is 0.876. The van der Waals surface area contributed by atoms with Crippen LogP contribution in [0.5, 0.6) is 0 Å². The zero-order chi connectivity index (χ0) is 14.8. The van der Waals surface area contributed by atoms with Crippen molar-refractivity contribution in [1.82, 2.24) is 10.2 Å². The Kier molecular flexibility index (Phi) is 8.77. The number of hydrogen-bond acceptors (Lipinski definition) is 2. The number of nitrogens with zero attached hydrogens (tertiary/aromatic N) is 1. The standard InChI is InChI=1S/C15H21F3N2.2ClH/c1-11-4-3-5-13(12(11)2)14(10-15(16,17)18)20-8-6-19-7-9-20;;/h3-5,14,19H,6-10H2,1-2H3;2*1H/t14-;;/m0../s1. The first-order valence-corrected chi connectivity index (χ1v) is 6.96. The number of rotatable bonds is 3. The van der Waals surface area contributed by atoms with E-state index in [1.165, 1.54) is 0 Å². The molecule has 0 saturated carbocycles. The van der Waals surface area contributed by atoms with Crippen molar-refractivity contribution in [1.29, 1.82) is 0 Å². The number of hydrogen-bond donors (Lipinski definition) is 1. The molecule has 1 heterocycles. The average molecular weight is 359 g/mol. The summed E-state index contributed by atoms with van der Waals surface area (Å²) in [6.07, 6.45) is -4.93. The molecule has 0 bridgehead atoms. The molecule has 0 unspecified atom stereocenters. The largest absolute Gasteiger partial charge is 0.390 e. The second-order valence-corrected chi connectivity index (χ2v) is 5.41. The van der Waals surface area contributed by atoms with Crippen LogP contribution in [-0.4, -0.2) is 37.3 Å². The van der Waals surface area contributed by atoms with E-state index in [1.807, 2.05) is 36.9 Å². The Bertz CT molecular complexity index is 461. The van der Waals surface area contributed by atoms with E-state index >= 15 is 0 Å². The second-order valence-electron chi connectivity index (χ2n) is 5.41. The van der Waals surface area contributed by atoms with Gasteiger partial charge in [-0.3, -0.25) is 4.90 Å². The minimum atomic E-state index is -4.15. The van der Waals surface area contributed by atoms with Crippen LogP contribution in [0, 0.1) is 13.8 Å². The summed E-state index contributed by atoms with van der Waals surface area (Å²) in [7, 11) is 0. The molecule has 2 rings (SSSR count). The predicted octanol–water partition coefficient (Wildman–Crippen LogP) is 4.05. The number of alkyl halides is 3. The van der Waals surface area contributed by atoms with Crippen LogP contribution in [0.1, 0.15) is 29.2 Å². The fraction of sp³-hybridized carbons (Fsp3) is 0.600. The van der Waals surface area contributed by atoms with Crippen molar-refractivity contribution in [2.24, 2.45) is 0 Å². The number of halogens is 5. The summed E-state index contributed by atoms with van der Waals surface area (Å²) in [5.41, 5.74) is 2.83. The van der Waals surface area contributed by atoms with Gasteiger partial charge in [0.05, 0.1) is 6.42 Å². The third-order valence-electron chi connectivity index (χ3n) is 4.02. The summed E-state index contributed by atoms with van der Waals surface area (Å²) >= 11 is 0. The van der Waals surface area contributed by atoms with Gasteiger partial charge in [0.2, 0.25) is 0 Å². The molecular weight excluding hydrogens is 336 g/mol. The predicted molar refractivity (Wildman–Crippen MR) is 88.3 cm³/mol. The summed E-state index contributed by atoms with van der Waals surface area (Å²) in [5.74, 6) is 0. The Balaban J connectivity index is 0.00000220. The number of piperazine rings is 1. The van der Waals surface area contributed by atoms with E-state index in [4.69, 9.17) is 0 Å². The Morgan fingerprint density at radius 3 is 2.27 bits per heavy atom. The van der Waals surface area contributed by atoms with Crippen molar-refractivity contribution in [2.45, 2.75) is 32.5 Å². The van der Waals surface area contributed by atoms with Crippen molar-refractivity contribution in [3.63, 3.8) is 0 Å². The van der Waals surface area contributed by atoms with Gasteiger partial charge in [-0.05, 0) is 30.5 Å². The SMILES string of the molecule is Cc1cccc([C@H](CC(F)(F)F)N2CCNCC2)c1C.Cl.Cl. The van der Waals surface area contributed by atoms with Crippen molar-refractivity contribution in [3.05, 3.63) is 34.9 Å². The molecule has 128 valence electrons. The van der Waals surface area contributed by atoms with Crippen LogP contribution in [0.25, 0.3) is 0 Å². The maximum Gasteiger partial charge on any atom is 0.390 e. The minimum absolute atomic E-state index is 0. The van der Waals surface area contributed by atoms with Crippen LogP contribution < -0.4 is 5.32 Å². The lowest BCUT2D eigenvalue weighted by molar-refractivity contribution is -0.148. The molecule has 2 nitrogen and oxygen atoms in total. The highest BCUT2D eigenvalue weighted by Gasteiger charge is 2.36. The van der Waals surface area contributed by atoms with E-state index in [1.54, 1.807) is 0 Å². The third kappa shape index (κ3) is 5.61. The van der Waals surface area contributed by atoms with E-state index < -0.39 is 18.6 Å². The molecule has 0 aromatic heterocycles. The molecule has 1 N–H and O–H groups in total. The van der Waals surface area contributed by atoms with Gasteiger partial charge in [0.15, 0.2) is 0 Å². The fourth-order valence-corrected chi connectivity index (χ4v) is 2.78. The Labute approximate surface area is 142 Å². The molecule has 0 spiro atoms. The maximum atomic E-state index is 12.9. The van der Waals surface area contributed by atoms with Crippen LogP contribution in [0.15, 0.2) is 18.2 Å². The summed E-state index contributed by atoms with van der Waals surface area (Å²) in [6, 6.07) is 5.06. The molecule has 1 aromatic carbocycles. The number of aryl methyl sites for hydroxylation is 1. The van der Waals surface area contributed by atoms with Gasteiger partial charge in [-0.2, -0.15) is 13.2 Å². The molecule has 7 heteroatoms. The smallest absolute Gasteiger partial charge is 0.314 e. The Hall–Kier alpha value is -0.490. The molecule has 22 heavy (non-hydrogen) atoms. The number of nitrogens with one attached hydrogen (secondary N) is 1. The third-order valence-corrected chi connectivity index (χ3v) is 4.02.